The highest BCUT2D eigenvalue weighted by Gasteiger charge is 2.28. The Labute approximate surface area is 184 Å². The predicted octanol–water partition coefficient (Wildman–Crippen LogP) is 6.68. The number of benzene rings is 3. The zero-order chi connectivity index (χ0) is 21.1. The lowest BCUT2D eigenvalue weighted by atomic mass is 9.98. The van der Waals surface area contributed by atoms with Crippen LogP contribution in [-0.2, 0) is 4.74 Å². The number of carbonyl (C=O) groups excluding carboxylic acids is 1. The smallest absolute Gasteiger partial charge is 0.407 e. The Hall–Kier alpha value is -2.82. The molecule has 0 atom stereocenters. The molecule has 1 amide bonds. The van der Waals surface area contributed by atoms with Crippen LogP contribution in [-0.4, -0.2) is 19.2 Å². The number of hydrogen-bond acceptors (Lipinski definition) is 2. The molecule has 3 aromatic rings. The number of ether oxygens (including phenoxy) is 1. The van der Waals surface area contributed by atoms with Gasteiger partial charge < -0.3 is 10.1 Å². The van der Waals surface area contributed by atoms with Crippen LogP contribution in [0.2, 0.25) is 10.0 Å². The highest BCUT2D eigenvalue weighted by molar-refractivity contribution is 6.35. The highest BCUT2D eigenvalue weighted by atomic mass is 35.5. The lowest BCUT2D eigenvalue weighted by Gasteiger charge is -2.14. The molecule has 0 radical (unpaired) electrons. The van der Waals surface area contributed by atoms with Crippen LogP contribution in [0.3, 0.4) is 0 Å². The maximum absolute atomic E-state index is 13.5. The predicted molar refractivity (Wildman–Crippen MR) is 119 cm³/mol. The van der Waals surface area contributed by atoms with Crippen molar-refractivity contribution in [1.29, 1.82) is 0 Å². The van der Waals surface area contributed by atoms with Crippen LogP contribution in [0, 0.1) is 5.82 Å². The molecule has 1 aliphatic carbocycles. The van der Waals surface area contributed by atoms with E-state index in [4.69, 9.17) is 27.9 Å². The molecule has 6 heteroatoms. The Bertz CT molecular complexity index is 1080. The first-order chi connectivity index (χ1) is 14.5. The van der Waals surface area contributed by atoms with Gasteiger partial charge in [0, 0.05) is 17.5 Å². The van der Waals surface area contributed by atoms with Gasteiger partial charge in [-0.2, -0.15) is 0 Å². The maximum Gasteiger partial charge on any atom is 0.407 e. The van der Waals surface area contributed by atoms with Gasteiger partial charge in [-0.1, -0.05) is 83.9 Å². The monoisotopic (exact) mass is 441 g/mol. The number of nitrogens with one attached hydrogen (secondary N) is 1. The molecule has 0 aliphatic heterocycles. The summed E-state index contributed by atoms with van der Waals surface area (Å²) in [5.41, 5.74) is 5.15. The summed E-state index contributed by atoms with van der Waals surface area (Å²) < 4.78 is 19.0. The van der Waals surface area contributed by atoms with Crippen LogP contribution in [0.25, 0.3) is 17.2 Å². The summed E-state index contributed by atoms with van der Waals surface area (Å²) in [4.78, 5) is 12.1. The summed E-state index contributed by atoms with van der Waals surface area (Å²) in [6.07, 6.45) is 2.76. The third-order valence-corrected chi connectivity index (χ3v) is 5.66. The molecule has 3 aromatic carbocycles. The van der Waals surface area contributed by atoms with Gasteiger partial charge in [0.1, 0.15) is 12.4 Å². The van der Waals surface area contributed by atoms with E-state index in [9.17, 15) is 9.18 Å². The lowest BCUT2D eigenvalue weighted by Crippen LogP contribution is -2.26. The Morgan fingerprint density at radius 2 is 1.63 bits per heavy atom. The van der Waals surface area contributed by atoms with Crippen molar-refractivity contribution in [3.05, 3.63) is 99.3 Å². The summed E-state index contributed by atoms with van der Waals surface area (Å²) in [5, 5.41) is 2.96. The van der Waals surface area contributed by atoms with Gasteiger partial charge in [0.2, 0.25) is 0 Å². The number of carbonyl (C=O) groups is 1. The summed E-state index contributed by atoms with van der Waals surface area (Å²) in [7, 11) is 0. The summed E-state index contributed by atoms with van der Waals surface area (Å²) >= 11 is 11.7. The molecule has 0 saturated heterocycles. The van der Waals surface area contributed by atoms with E-state index in [-0.39, 0.29) is 24.1 Å². The first-order valence-corrected chi connectivity index (χ1v) is 10.2. The average Bonchev–Trinajstić information content (AvgIpc) is 3.07. The van der Waals surface area contributed by atoms with Gasteiger partial charge in [0.15, 0.2) is 0 Å². The molecule has 0 aromatic heterocycles. The van der Waals surface area contributed by atoms with Crippen molar-refractivity contribution >= 4 is 35.4 Å². The Morgan fingerprint density at radius 1 is 1.00 bits per heavy atom. The van der Waals surface area contributed by atoms with E-state index in [1.54, 1.807) is 12.2 Å². The van der Waals surface area contributed by atoms with E-state index in [0.717, 1.165) is 11.1 Å². The molecule has 0 spiro atoms. The fourth-order valence-electron chi connectivity index (χ4n) is 3.64. The van der Waals surface area contributed by atoms with Gasteiger partial charge in [-0.15, -0.1) is 0 Å². The number of halogens is 3. The highest BCUT2D eigenvalue weighted by Crippen LogP contribution is 2.44. The summed E-state index contributed by atoms with van der Waals surface area (Å²) in [6.45, 7) is 0.467. The first kappa shape index (κ1) is 20.5. The fourth-order valence-corrected chi connectivity index (χ4v) is 4.09. The largest absolute Gasteiger partial charge is 0.449 e. The topological polar surface area (TPSA) is 38.3 Å². The van der Waals surface area contributed by atoms with Crippen molar-refractivity contribution in [3.8, 4) is 11.1 Å². The standard InChI is InChI=1S/C24H18Cl2FNO2/c25-21-13-22(26)23(27)12-15(21)6-5-11-28-24(29)30-14-20-18-9-3-1-7-16(18)17-8-2-4-10-19(17)20/h1-10,12-13,20H,11,14H2,(H,28,29). The third-order valence-electron chi connectivity index (χ3n) is 5.04. The van der Waals surface area contributed by atoms with Crippen LogP contribution in [0.4, 0.5) is 9.18 Å². The zero-order valence-corrected chi connectivity index (χ0v) is 17.4. The normalized spacial score (nSPS) is 12.6. The second-order valence-electron chi connectivity index (χ2n) is 6.90. The van der Waals surface area contributed by atoms with Gasteiger partial charge in [-0.3, -0.25) is 0 Å². The Morgan fingerprint density at radius 3 is 2.30 bits per heavy atom. The lowest BCUT2D eigenvalue weighted by molar-refractivity contribution is 0.144. The SMILES string of the molecule is O=C(NCC=Cc1cc(F)c(Cl)cc1Cl)OCC1c2ccccc2-c2ccccc21. The van der Waals surface area contributed by atoms with Gasteiger partial charge in [0.25, 0.3) is 0 Å². The number of alkyl carbamates (subject to hydrolysis) is 1. The molecule has 0 heterocycles. The van der Waals surface area contributed by atoms with Crippen LogP contribution in [0.5, 0.6) is 0 Å². The van der Waals surface area contributed by atoms with E-state index in [1.807, 2.05) is 24.3 Å². The van der Waals surface area contributed by atoms with E-state index in [0.29, 0.717) is 10.6 Å². The second kappa shape index (κ2) is 8.90. The molecule has 3 nitrogen and oxygen atoms in total. The minimum absolute atomic E-state index is 0.00883. The molecule has 30 heavy (non-hydrogen) atoms. The molecular weight excluding hydrogens is 424 g/mol. The van der Waals surface area contributed by atoms with E-state index in [2.05, 4.69) is 29.6 Å². The third kappa shape index (κ3) is 4.20. The second-order valence-corrected chi connectivity index (χ2v) is 7.71. The molecular formula is C24H18Cl2FNO2. The van der Waals surface area contributed by atoms with E-state index in [1.165, 1.54) is 23.3 Å². The van der Waals surface area contributed by atoms with Crippen molar-refractivity contribution in [2.75, 3.05) is 13.2 Å². The number of rotatable bonds is 5. The van der Waals surface area contributed by atoms with Crippen molar-refractivity contribution in [2.45, 2.75) is 5.92 Å². The van der Waals surface area contributed by atoms with Crippen LogP contribution in [0.15, 0.2) is 66.7 Å². The molecule has 1 N–H and O–H groups in total. The Balaban J connectivity index is 1.34. The van der Waals surface area contributed by atoms with Crippen molar-refractivity contribution in [3.63, 3.8) is 0 Å². The molecule has 152 valence electrons. The van der Waals surface area contributed by atoms with Crippen molar-refractivity contribution in [2.24, 2.45) is 0 Å². The number of fused-ring (bicyclic) bond motifs is 3. The van der Waals surface area contributed by atoms with Gasteiger partial charge in [-0.05, 0) is 39.9 Å². The van der Waals surface area contributed by atoms with Crippen LogP contribution >= 0.6 is 23.2 Å². The molecule has 1 aliphatic rings. The van der Waals surface area contributed by atoms with Crippen LogP contribution in [0.1, 0.15) is 22.6 Å². The molecule has 0 bridgehead atoms. The summed E-state index contributed by atoms with van der Waals surface area (Å²) in [6, 6.07) is 18.9. The Kier molecular flexibility index (Phi) is 6.07. The maximum atomic E-state index is 13.5. The van der Waals surface area contributed by atoms with Crippen molar-refractivity contribution in [1.82, 2.24) is 5.32 Å². The summed E-state index contributed by atoms with van der Waals surface area (Å²) in [5.74, 6) is -0.542. The minimum atomic E-state index is -0.551. The van der Waals surface area contributed by atoms with E-state index < -0.39 is 11.9 Å². The van der Waals surface area contributed by atoms with Gasteiger partial charge in [-0.25, -0.2) is 9.18 Å². The van der Waals surface area contributed by atoms with Crippen LogP contribution < -0.4 is 5.32 Å². The number of hydrogen-bond donors (Lipinski definition) is 1. The fraction of sp³-hybridized carbons (Fsp3) is 0.125. The van der Waals surface area contributed by atoms with Gasteiger partial charge in [0.05, 0.1) is 5.02 Å². The first-order valence-electron chi connectivity index (χ1n) is 9.44. The van der Waals surface area contributed by atoms with E-state index >= 15 is 0 Å². The van der Waals surface area contributed by atoms with Crippen molar-refractivity contribution < 1.29 is 13.9 Å². The molecule has 4 rings (SSSR count). The molecule has 0 unspecified atom stereocenters. The number of amides is 1. The molecule has 0 saturated carbocycles. The molecule has 0 fully saturated rings. The zero-order valence-electron chi connectivity index (χ0n) is 15.9. The quantitative estimate of drug-likeness (QED) is 0.448. The average molecular weight is 442 g/mol. The van der Waals surface area contributed by atoms with Gasteiger partial charge >= 0.3 is 6.09 Å². The minimum Gasteiger partial charge on any atom is -0.449 e.